The molecule has 0 atom stereocenters. The third-order valence-corrected chi connectivity index (χ3v) is 5.42. The number of amides is 1. The third-order valence-electron chi connectivity index (χ3n) is 4.08. The fourth-order valence-electron chi connectivity index (χ4n) is 2.67. The van der Waals surface area contributed by atoms with E-state index in [0.717, 1.165) is 27.0 Å². The minimum Gasteiger partial charge on any atom is -0.313 e. The highest BCUT2D eigenvalue weighted by molar-refractivity contribution is 9.10. The summed E-state index contributed by atoms with van der Waals surface area (Å²) in [5, 5.41) is 10.0. The Kier molecular flexibility index (Phi) is 4.87. The molecule has 0 aliphatic carbocycles. The Morgan fingerprint density at radius 3 is 2.41 bits per heavy atom. The highest BCUT2D eigenvalue weighted by Gasteiger charge is 2.14. The van der Waals surface area contributed by atoms with Crippen LogP contribution in [0, 0.1) is 6.92 Å². The van der Waals surface area contributed by atoms with Gasteiger partial charge in [0.25, 0.3) is 0 Å². The first kappa shape index (κ1) is 17.6. The lowest BCUT2D eigenvalue weighted by Crippen LogP contribution is -2.04. The van der Waals surface area contributed by atoms with Gasteiger partial charge in [0.15, 0.2) is 0 Å². The molecule has 0 saturated heterocycles. The van der Waals surface area contributed by atoms with Crippen LogP contribution in [0.4, 0.5) is 5.82 Å². The molecule has 1 N–H and O–H groups in total. The Hall–Kier alpha value is -2.77. The smallest absolute Gasteiger partial charge is 0.212 e. The molecule has 0 aliphatic rings. The summed E-state index contributed by atoms with van der Waals surface area (Å²) < 4.78 is 2.69. The van der Waals surface area contributed by atoms with Crippen LogP contribution < -0.4 is 5.32 Å². The minimum absolute atomic E-state index is 0.581. The molecule has 2 heterocycles. The van der Waals surface area contributed by atoms with Gasteiger partial charge in [-0.05, 0) is 19.1 Å². The zero-order valence-corrected chi connectivity index (χ0v) is 16.8. The molecule has 7 heteroatoms. The predicted octanol–water partition coefficient (Wildman–Crippen LogP) is 5.30. The number of aromatic nitrogens is 3. The molecule has 134 valence electrons. The van der Waals surface area contributed by atoms with E-state index in [0.29, 0.717) is 17.4 Å². The molecule has 4 aromatic rings. The second kappa shape index (κ2) is 7.46. The SMILES string of the molecule is Cc1ccc(-c2cc(NC=O)n(-c3nc(-c4ccc(Br)cc4)cs3)n2)cc1. The molecule has 0 unspecified atom stereocenters. The lowest BCUT2D eigenvalue weighted by molar-refractivity contribution is -0.105. The average Bonchev–Trinajstić information content (AvgIpc) is 3.31. The second-order valence-electron chi connectivity index (χ2n) is 5.98. The normalized spacial score (nSPS) is 10.7. The molecule has 2 aromatic heterocycles. The largest absolute Gasteiger partial charge is 0.313 e. The van der Waals surface area contributed by atoms with Gasteiger partial charge in [-0.25, -0.2) is 4.98 Å². The topological polar surface area (TPSA) is 59.8 Å². The van der Waals surface area contributed by atoms with Crippen molar-refractivity contribution in [3.05, 3.63) is 70.0 Å². The lowest BCUT2D eigenvalue weighted by Gasteiger charge is -2.01. The number of halogens is 1. The van der Waals surface area contributed by atoms with Crippen LogP contribution in [0.3, 0.4) is 0 Å². The van der Waals surface area contributed by atoms with Crippen LogP contribution in [0.5, 0.6) is 0 Å². The van der Waals surface area contributed by atoms with E-state index in [4.69, 9.17) is 4.98 Å². The lowest BCUT2D eigenvalue weighted by atomic mass is 10.1. The molecule has 5 nitrogen and oxygen atoms in total. The highest BCUT2D eigenvalue weighted by Crippen LogP contribution is 2.29. The second-order valence-corrected chi connectivity index (χ2v) is 7.73. The van der Waals surface area contributed by atoms with E-state index in [1.54, 1.807) is 4.68 Å². The number of benzene rings is 2. The Balaban J connectivity index is 1.73. The molecule has 0 spiro atoms. The van der Waals surface area contributed by atoms with E-state index >= 15 is 0 Å². The van der Waals surface area contributed by atoms with E-state index in [1.807, 2.05) is 66.9 Å². The van der Waals surface area contributed by atoms with Crippen LogP contribution in [-0.2, 0) is 4.79 Å². The number of aryl methyl sites for hydroxylation is 1. The van der Waals surface area contributed by atoms with Gasteiger partial charge in [0.2, 0.25) is 11.5 Å². The first-order chi connectivity index (χ1) is 13.1. The molecule has 4 rings (SSSR count). The van der Waals surface area contributed by atoms with Crippen molar-refractivity contribution >= 4 is 39.5 Å². The molecule has 0 bridgehead atoms. The number of rotatable bonds is 5. The van der Waals surface area contributed by atoms with Gasteiger partial charge in [-0.15, -0.1) is 11.3 Å². The third kappa shape index (κ3) is 3.70. The van der Waals surface area contributed by atoms with Crippen molar-refractivity contribution in [2.24, 2.45) is 0 Å². The summed E-state index contributed by atoms with van der Waals surface area (Å²) in [5.74, 6) is 0.581. The molecule has 0 saturated carbocycles. The van der Waals surface area contributed by atoms with Crippen molar-refractivity contribution in [2.45, 2.75) is 6.92 Å². The van der Waals surface area contributed by atoms with Crippen molar-refractivity contribution in [2.75, 3.05) is 5.32 Å². The maximum atomic E-state index is 11.0. The number of thiazole rings is 1. The summed E-state index contributed by atoms with van der Waals surface area (Å²) in [6.45, 7) is 2.04. The number of carbonyl (C=O) groups is 1. The van der Waals surface area contributed by atoms with Gasteiger partial charge in [-0.3, -0.25) is 4.79 Å². The zero-order valence-electron chi connectivity index (χ0n) is 14.4. The maximum Gasteiger partial charge on any atom is 0.212 e. The maximum absolute atomic E-state index is 11.0. The van der Waals surface area contributed by atoms with E-state index in [1.165, 1.54) is 16.9 Å². The van der Waals surface area contributed by atoms with Gasteiger partial charge in [0.1, 0.15) is 5.82 Å². The van der Waals surface area contributed by atoms with Crippen molar-refractivity contribution in [1.82, 2.24) is 14.8 Å². The number of carbonyl (C=O) groups excluding carboxylic acids is 1. The number of hydrogen-bond donors (Lipinski definition) is 1. The molecular formula is C20H15BrN4OS. The van der Waals surface area contributed by atoms with Gasteiger partial charge in [-0.2, -0.15) is 9.78 Å². The van der Waals surface area contributed by atoms with Gasteiger partial charge in [-0.1, -0.05) is 57.9 Å². The van der Waals surface area contributed by atoms with E-state index in [-0.39, 0.29) is 0 Å². The van der Waals surface area contributed by atoms with Crippen molar-refractivity contribution in [1.29, 1.82) is 0 Å². The molecule has 2 aromatic carbocycles. The number of nitrogens with zero attached hydrogens (tertiary/aromatic N) is 3. The predicted molar refractivity (Wildman–Crippen MR) is 112 cm³/mol. The van der Waals surface area contributed by atoms with E-state index in [2.05, 4.69) is 26.3 Å². The van der Waals surface area contributed by atoms with Crippen LogP contribution in [0.1, 0.15) is 5.56 Å². The van der Waals surface area contributed by atoms with E-state index < -0.39 is 0 Å². The first-order valence-electron chi connectivity index (χ1n) is 8.23. The Bertz CT molecular complexity index is 1080. The Morgan fingerprint density at radius 1 is 1.04 bits per heavy atom. The van der Waals surface area contributed by atoms with Gasteiger partial charge in [0, 0.05) is 27.0 Å². The van der Waals surface area contributed by atoms with Crippen molar-refractivity contribution < 1.29 is 4.79 Å². The fourth-order valence-corrected chi connectivity index (χ4v) is 3.73. The number of anilines is 1. The van der Waals surface area contributed by atoms with E-state index in [9.17, 15) is 4.79 Å². The first-order valence-corrected chi connectivity index (χ1v) is 9.90. The molecule has 0 aliphatic heterocycles. The van der Waals surface area contributed by atoms with Crippen LogP contribution in [0.15, 0.2) is 64.5 Å². The van der Waals surface area contributed by atoms with Crippen LogP contribution in [0.25, 0.3) is 27.6 Å². The molecular weight excluding hydrogens is 424 g/mol. The molecule has 0 radical (unpaired) electrons. The summed E-state index contributed by atoms with van der Waals surface area (Å²) in [7, 11) is 0. The molecule has 27 heavy (non-hydrogen) atoms. The summed E-state index contributed by atoms with van der Waals surface area (Å²) in [4.78, 5) is 15.7. The standard InChI is InChI=1S/C20H15BrN4OS/c1-13-2-4-14(5-3-13)17-10-19(22-12-26)25(24-17)20-23-18(11-27-20)15-6-8-16(21)9-7-15/h2-12H,1H3,(H,22,26). The van der Waals surface area contributed by atoms with Gasteiger partial charge < -0.3 is 5.32 Å². The summed E-state index contributed by atoms with van der Waals surface area (Å²) >= 11 is 4.92. The fraction of sp³-hybridized carbons (Fsp3) is 0.0500. The van der Waals surface area contributed by atoms with Crippen molar-refractivity contribution in [3.8, 4) is 27.6 Å². The monoisotopic (exact) mass is 438 g/mol. The highest BCUT2D eigenvalue weighted by atomic mass is 79.9. The molecule has 1 amide bonds. The number of nitrogens with one attached hydrogen (secondary N) is 1. The van der Waals surface area contributed by atoms with Gasteiger partial charge in [0.05, 0.1) is 11.4 Å². The summed E-state index contributed by atoms with van der Waals surface area (Å²) in [6, 6.07) is 17.9. The molecule has 0 fully saturated rings. The van der Waals surface area contributed by atoms with Crippen LogP contribution in [0.2, 0.25) is 0 Å². The zero-order chi connectivity index (χ0) is 18.8. The average molecular weight is 439 g/mol. The minimum atomic E-state index is 0.581. The van der Waals surface area contributed by atoms with Gasteiger partial charge >= 0.3 is 0 Å². The van der Waals surface area contributed by atoms with Crippen LogP contribution in [-0.4, -0.2) is 21.2 Å². The Morgan fingerprint density at radius 2 is 1.70 bits per heavy atom. The summed E-state index contributed by atoms with van der Waals surface area (Å²) in [5.41, 5.74) is 4.84. The Labute approximate surface area is 168 Å². The van der Waals surface area contributed by atoms with Crippen molar-refractivity contribution in [3.63, 3.8) is 0 Å². The quantitative estimate of drug-likeness (QED) is 0.429. The summed E-state index contributed by atoms with van der Waals surface area (Å²) in [6.07, 6.45) is 0.648. The number of hydrogen-bond acceptors (Lipinski definition) is 4. The van der Waals surface area contributed by atoms with Crippen LogP contribution >= 0.6 is 27.3 Å².